The SMILES string of the molecule is CC1CN(C(=O)c2cc(-c3ccccc3)nc3cc(C(C)(C)C)nn23)CC(C)O1. The van der Waals surface area contributed by atoms with Gasteiger partial charge in [-0.05, 0) is 19.9 Å². The number of aromatic nitrogens is 3. The highest BCUT2D eigenvalue weighted by Crippen LogP contribution is 2.26. The Labute approximate surface area is 171 Å². The van der Waals surface area contributed by atoms with Crippen LogP contribution in [0.3, 0.4) is 0 Å². The molecule has 1 aromatic carbocycles. The van der Waals surface area contributed by atoms with E-state index < -0.39 is 0 Å². The fourth-order valence-corrected chi connectivity index (χ4v) is 3.76. The first-order valence-electron chi connectivity index (χ1n) is 10.1. The lowest BCUT2D eigenvalue weighted by Gasteiger charge is -2.35. The summed E-state index contributed by atoms with van der Waals surface area (Å²) in [6.45, 7) is 11.5. The van der Waals surface area contributed by atoms with Crippen LogP contribution < -0.4 is 0 Å². The van der Waals surface area contributed by atoms with Gasteiger partial charge in [-0.1, -0.05) is 51.1 Å². The number of morpholine rings is 1. The molecule has 4 rings (SSSR count). The van der Waals surface area contributed by atoms with Gasteiger partial charge in [0, 0.05) is 30.1 Å². The highest BCUT2D eigenvalue weighted by atomic mass is 16.5. The maximum atomic E-state index is 13.5. The maximum Gasteiger partial charge on any atom is 0.272 e. The number of fused-ring (bicyclic) bond motifs is 1. The van der Waals surface area contributed by atoms with Crippen molar-refractivity contribution in [2.45, 2.75) is 52.2 Å². The Bertz CT molecular complexity index is 1030. The predicted molar refractivity (Wildman–Crippen MR) is 113 cm³/mol. The first-order chi connectivity index (χ1) is 13.7. The largest absolute Gasteiger partial charge is 0.372 e. The number of rotatable bonds is 2. The molecule has 2 unspecified atom stereocenters. The van der Waals surface area contributed by atoms with Crippen LogP contribution in [0.2, 0.25) is 0 Å². The number of benzene rings is 1. The molecule has 0 spiro atoms. The smallest absolute Gasteiger partial charge is 0.272 e. The van der Waals surface area contributed by atoms with Crippen LogP contribution in [0.15, 0.2) is 42.5 Å². The minimum absolute atomic E-state index is 0.0105. The second-order valence-corrected chi connectivity index (χ2v) is 8.91. The summed E-state index contributed by atoms with van der Waals surface area (Å²) in [5, 5.41) is 4.75. The van der Waals surface area contributed by atoms with E-state index in [2.05, 4.69) is 20.8 Å². The third kappa shape index (κ3) is 3.90. The van der Waals surface area contributed by atoms with E-state index in [4.69, 9.17) is 14.8 Å². The van der Waals surface area contributed by atoms with Gasteiger partial charge in [0.2, 0.25) is 0 Å². The molecule has 0 radical (unpaired) electrons. The number of amides is 1. The summed E-state index contributed by atoms with van der Waals surface area (Å²) in [5.74, 6) is -0.0415. The van der Waals surface area contributed by atoms with Gasteiger partial charge in [-0.15, -0.1) is 0 Å². The molecule has 1 aliphatic rings. The molecule has 152 valence electrons. The first kappa shape index (κ1) is 19.6. The van der Waals surface area contributed by atoms with Crippen molar-refractivity contribution < 1.29 is 9.53 Å². The van der Waals surface area contributed by atoms with E-state index in [0.717, 1.165) is 17.0 Å². The summed E-state index contributed by atoms with van der Waals surface area (Å²) >= 11 is 0. The summed E-state index contributed by atoms with van der Waals surface area (Å²) in [6.07, 6.45) is 0.0211. The van der Waals surface area contributed by atoms with Crippen molar-refractivity contribution in [3.05, 3.63) is 53.9 Å². The van der Waals surface area contributed by atoms with E-state index in [9.17, 15) is 4.79 Å². The van der Waals surface area contributed by atoms with Gasteiger partial charge in [0.25, 0.3) is 5.91 Å². The van der Waals surface area contributed by atoms with Crippen molar-refractivity contribution in [2.75, 3.05) is 13.1 Å². The van der Waals surface area contributed by atoms with Gasteiger partial charge in [0.05, 0.1) is 23.6 Å². The monoisotopic (exact) mass is 392 g/mol. The molecule has 29 heavy (non-hydrogen) atoms. The van der Waals surface area contributed by atoms with Crippen LogP contribution in [0.1, 0.15) is 50.8 Å². The number of carbonyl (C=O) groups excluding carboxylic acids is 1. The van der Waals surface area contributed by atoms with Gasteiger partial charge < -0.3 is 9.64 Å². The molecule has 1 amide bonds. The van der Waals surface area contributed by atoms with Gasteiger partial charge in [-0.25, -0.2) is 9.50 Å². The zero-order chi connectivity index (χ0) is 20.8. The van der Waals surface area contributed by atoms with Crippen LogP contribution in [0.5, 0.6) is 0 Å². The summed E-state index contributed by atoms with van der Waals surface area (Å²) < 4.78 is 7.50. The molecule has 6 heteroatoms. The number of carbonyl (C=O) groups is 1. The third-order valence-electron chi connectivity index (χ3n) is 5.19. The van der Waals surface area contributed by atoms with Gasteiger partial charge in [-0.3, -0.25) is 4.79 Å². The Morgan fingerprint density at radius 2 is 1.72 bits per heavy atom. The summed E-state index contributed by atoms with van der Waals surface area (Å²) in [4.78, 5) is 20.2. The number of ether oxygens (including phenoxy) is 1. The first-order valence-corrected chi connectivity index (χ1v) is 10.1. The Kier molecular flexibility index (Phi) is 4.90. The van der Waals surface area contributed by atoms with Crippen LogP contribution in [0.4, 0.5) is 0 Å². The Morgan fingerprint density at radius 3 is 2.34 bits per heavy atom. The summed E-state index contributed by atoms with van der Waals surface area (Å²) in [5.41, 5.74) is 3.75. The van der Waals surface area contributed by atoms with E-state index in [-0.39, 0.29) is 23.5 Å². The van der Waals surface area contributed by atoms with Gasteiger partial charge >= 0.3 is 0 Å². The van der Waals surface area contributed by atoms with Crippen LogP contribution in [-0.4, -0.2) is 50.7 Å². The van der Waals surface area contributed by atoms with Gasteiger partial charge in [0.15, 0.2) is 5.65 Å². The van der Waals surface area contributed by atoms with Crippen molar-refractivity contribution >= 4 is 11.6 Å². The highest BCUT2D eigenvalue weighted by molar-refractivity contribution is 5.94. The Hall–Kier alpha value is -2.73. The minimum Gasteiger partial charge on any atom is -0.372 e. The second-order valence-electron chi connectivity index (χ2n) is 8.91. The van der Waals surface area contributed by atoms with E-state index in [1.165, 1.54) is 0 Å². The molecular weight excluding hydrogens is 364 g/mol. The van der Waals surface area contributed by atoms with E-state index in [0.29, 0.717) is 24.4 Å². The number of hydrogen-bond acceptors (Lipinski definition) is 4. The van der Waals surface area contributed by atoms with Crippen molar-refractivity contribution in [3.8, 4) is 11.3 Å². The Balaban J connectivity index is 1.86. The third-order valence-corrected chi connectivity index (χ3v) is 5.19. The molecule has 6 nitrogen and oxygen atoms in total. The molecule has 0 N–H and O–H groups in total. The van der Waals surface area contributed by atoms with E-state index in [1.54, 1.807) is 4.52 Å². The van der Waals surface area contributed by atoms with Crippen molar-refractivity contribution in [1.82, 2.24) is 19.5 Å². The molecule has 0 aliphatic carbocycles. The zero-order valence-corrected chi connectivity index (χ0v) is 17.7. The van der Waals surface area contributed by atoms with Crippen LogP contribution in [0, 0.1) is 0 Å². The fraction of sp³-hybridized carbons (Fsp3) is 0.435. The van der Waals surface area contributed by atoms with Crippen molar-refractivity contribution in [3.63, 3.8) is 0 Å². The fourth-order valence-electron chi connectivity index (χ4n) is 3.76. The van der Waals surface area contributed by atoms with Crippen molar-refractivity contribution in [1.29, 1.82) is 0 Å². The summed E-state index contributed by atoms with van der Waals surface area (Å²) in [6, 6.07) is 13.8. The van der Waals surface area contributed by atoms with E-state index in [1.807, 2.05) is 61.2 Å². The molecule has 3 aromatic rings. The predicted octanol–water partition coefficient (Wildman–Crippen LogP) is 3.94. The molecule has 3 heterocycles. The van der Waals surface area contributed by atoms with E-state index >= 15 is 0 Å². The average molecular weight is 393 g/mol. The minimum atomic E-state index is -0.136. The van der Waals surface area contributed by atoms with Crippen LogP contribution >= 0.6 is 0 Å². The summed E-state index contributed by atoms with van der Waals surface area (Å²) in [7, 11) is 0. The normalized spacial score (nSPS) is 20.2. The maximum absolute atomic E-state index is 13.5. The molecular formula is C23H28N4O2. The molecule has 0 saturated carbocycles. The number of hydrogen-bond donors (Lipinski definition) is 0. The van der Waals surface area contributed by atoms with Crippen LogP contribution in [-0.2, 0) is 10.2 Å². The lowest BCUT2D eigenvalue weighted by Crippen LogP contribution is -2.48. The topological polar surface area (TPSA) is 59.7 Å². The molecule has 0 bridgehead atoms. The highest BCUT2D eigenvalue weighted by Gasteiger charge is 2.29. The Morgan fingerprint density at radius 1 is 1.07 bits per heavy atom. The quantitative estimate of drug-likeness (QED) is 0.663. The molecule has 1 aliphatic heterocycles. The lowest BCUT2D eigenvalue weighted by molar-refractivity contribution is -0.0588. The average Bonchev–Trinajstić information content (AvgIpc) is 3.11. The van der Waals surface area contributed by atoms with Crippen LogP contribution in [0.25, 0.3) is 16.9 Å². The molecule has 1 saturated heterocycles. The molecule has 1 fully saturated rings. The standard InChI is InChI=1S/C23H28N4O2/c1-15-13-26(14-16(2)29-15)22(28)19-11-18(17-9-7-6-8-10-17)24-21-12-20(23(3,4)5)25-27(19)21/h6-12,15-16H,13-14H2,1-5H3. The second kappa shape index (κ2) is 7.26. The molecule has 2 atom stereocenters. The molecule has 2 aromatic heterocycles. The number of nitrogens with zero attached hydrogens (tertiary/aromatic N) is 4. The van der Waals surface area contributed by atoms with Gasteiger partial charge in [0.1, 0.15) is 5.69 Å². The van der Waals surface area contributed by atoms with Gasteiger partial charge in [-0.2, -0.15) is 5.10 Å². The van der Waals surface area contributed by atoms with Crippen molar-refractivity contribution in [2.24, 2.45) is 0 Å². The zero-order valence-electron chi connectivity index (χ0n) is 17.7. The lowest BCUT2D eigenvalue weighted by atomic mass is 9.93.